The predicted molar refractivity (Wildman–Crippen MR) is 149 cm³/mol. The minimum absolute atomic E-state index is 0.303. The lowest BCUT2D eigenvalue weighted by Gasteiger charge is -2.40. The van der Waals surface area contributed by atoms with Crippen molar-refractivity contribution in [3.63, 3.8) is 0 Å². The van der Waals surface area contributed by atoms with E-state index >= 15 is 0 Å². The van der Waals surface area contributed by atoms with Crippen molar-refractivity contribution >= 4 is 22.5 Å². The van der Waals surface area contributed by atoms with E-state index in [0.29, 0.717) is 11.6 Å². The summed E-state index contributed by atoms with van der Waals surface area (Å²) in [5.41, 5.74) is 11.4. The average Bonchev–Trinajstić information content (AvgIpc) is 3.49. The molecule has 1 aliphatic heterocycles. The summed E-state index contributed by atoms with van der Waals surface area (Å²) in [5.74, 6) is 1.20. The van der Waals surface area contributed by atoms with Gasteiger partial charge in [-0.3, -0.25) is 9.30 Å². The highest BCUT2D eigenvalue weighted by molar-refractivity contribution is 5.86. The quantitative estimate of drug-likeness (QED) is 0.310. The minimum Gasteiger partial charge on any atom is -0.355 e. The van der Waals surface area contributed by atoms with Crippen LogP contribution in [-0.2, 0) is 6.42 Å². The number of hydrogen-bond acceptors (Lipinski definition) is 4. The van der Waals surface area contributed by atoms with Crippen molar-refractivity contribution in [1.82, 2.24) is 14.3 Å². The molecule has 5 heteroatoms. The maximum atomic E-state index is 10.1. The highest BCUT2D eigenvalue weighted by Crippen LogP contribution is 2.46. The molecule has 0 N–H and O–H groups in total. The van der Waals surface area contributed by atoms with Gasteiger partial charge >= 0.3 is 0 Å². The van der Waals surface area contributed by atoms with Crippen LogP contribution in [0.5, 0.6) is 0 Å². The molecule has 1 saturated heterocycles. The van der Waals surface area contributed by atoms with Crippen molar-refractivity contribution in [2.24, 2.45) is 0 Å². The molecule has 5 aromatic rings. The van der Waals surface area contributed by atoms with E-state index in [9.17, 15) is 5.26 Å². The van der Waals surface area contributed by atoms with E-state index in [2.05, 4.69) is 94.8 Å². The standard InChI is InChI=1S/C32H29N5/c1-3-22-21(2)27(20-33)31-34-28-14-8-9-15-29(28)37(31)32(22)36-18-16-35(17-19-36)30-25-12-6-4-10-23(25)24-11-5-7-13-26(24)30/h4-15,30H,3,16-19H2,1-2H3. The van der Waals surface area contributed by atoms with Gasteiger partial charge in [-0.25, -0.2) is 4.98 Å². The van der Waals surface area contributed by atoms with Crippen LogP contribution in [0.3, 0.4) is 0 Å². The van der Waals surface area contributed by atoms with Gasteiger partial charge in [-0.1, -0.05) is 67.6 Å². The number of imidazole rings is 1. The van der Waals surface area contributed by atoms with Crippen LogP contribution in [0.2, 0.25) is 0 Å². The lowest BCUT2D eigenvalue weighted by molar-refractivity contribution is 0.215. The predicted octanol–water partition coefficient (Wildman–Crippen LogP) is 6.12. The smallest absolute Gasteiger partial charge is 0.157 e. The van der Waals surface area contributed by atoms with Gasteiger partial charge in [0.2, 0.25) is 0 Å². The SMILES string of the molecule is CCc1c(C)c(C#N)c2nc3ccccc3n2c1N1CCN(C2c3ccccc3-c3ccccc32)CC1. The Morgan fingerprint density at radius 3 is 2.14 bits per heavy atom. The second-order valence-electron chi connectivity index (χ2n) is 10.1. The Morgan fingerprint density at radius 2 is 1.49 bits per heavy atom. The summed E-state index contributed by atoms with van der Waals surface area (Å²) < 4.78 is 2.25. The van der Waals surface area contributed by atoms with E-state index in [-0.39, 0.29) is 0 Å². The van der Waals surface area contributed by atoms with Gasteiger partial charge in [0, 0.05) is 26.2 Å². The molecular weight excluding hydrogens is 454 g/mol. The molecule has 5 nitrogen and oxygen atoms in total. The zero-order valence-corrected chi connectivity index (χ0v) is 21.3. The molecule has 0 amide bonds. The van der Waals surface area contributed by atoms with Gasteiger partial charge < -0.3 is 4.90 Å². The number of nitrogens with zero attached hydrogens (tertiary/aromatic N) is 5. The number of benzene rings is 3. The maximum absolute atomic E-state index is 10.1. The molecule has 0 spiro atoms. The zero-order chi connectivity index (χ0) is 25.1. The largest absolute Gasteiger partial charge is 0.355 e. The van der Waals surface area contributed by atoms with Crippen LogP contribution in [0, 0.1) is 18.3 Å². The molecule has 37 heavy (non-hydrogen) atoms. The van der Waals surface area contributed by atoms with Gasteiger partial charge in [-0.2, -0.15) is 5.26 Å². The van der Waals surface area contributed by atoms with Crippen LogP contribution in [-0.4, -0.2) is 40.5 Å². The van der Waals surface area contributed by atoms with Crippen molar-refractivity contribution < 1.29 is 0 Å². The monoisotopic (exact) mass is 483 g/mol. The number of aromatic nitrogens is 2. The van der Waals surface area contributed by atoms with E-state index in [0.717, 1.165) is 54.8 Å². The van der Waals surface area contributed by atoms with Gasteiger partial charge in [0.05, 0.1) is 22.6 Å². The van der Waals surface area contributed by atoms with Gasteiger partial charge in [0.1, 0.15) is 11.9 Å². The van der Waals surface area contributed by atoms with Crippen LogP contribution in [0.1, 0.15) is 40.8 Å². The molecular formula is C32H29N5. The van der Waals surface area contributed by atoms with E-state index in [1.807, 2.05) is 12.1 Å². The Balaban J connectivity index is 1.30. The van der Waals surface area contributed by atoms with Crippen LogP contribution < -0.4 is 4.90 Å². The summed E-state index contributed by atoms with van der Waals surface area (Å²) in [7, 11) is 0. The Morgan fingerprint density at radius 1 is 0.865 bits per heavy atom. The number of nitriles is 1. The summed E-state index contributed by atoms with van der Waals surface area (Å²) in [4.78, 5) is 10.1. The highest BCUT2D eigenvalue weighted by Gasteiger charge is 2.35. The van der Waals surface area contributed by atoms with Crippen molar-refractivity contribution in [2.75, 3.05) is 31.1 Å². The van der Waals surface area contributed by atoms with Crippen molar-refractivity contribution in [1.29, 1.82) is 5.26 Å². The van der Waals surface area contributed by atoms with Gasteiger partial charge in [-0.05, 0) is 58.9 Å². The number of anilines is 1. The van der Waals surface area contributed by atoms with E-state index in [1.165, 1.54) is 33.6 Å². The third kappa shape index (κ3) is 3.16. The Labute approximate surface area is 217 Å². The topological polar surface area (TPSA) is 47.6 Å². The molecule has 0 atom stereocenters. The van der Waals surface area contributed by atoms with E-state index < -0.39 is 0 Å². The van der Waals surface area contributed by atoms with Crippen molar-refractivity contribution in [2.45, 2.75) is 26.3 Å². The highest BCUT2D eigenvalue weighted by atomic mass is 15.3. The molecule has 0 radical (unpaired) electrons. The first-order chi connectivity index (χ1) is 18.2. The first-order valence-corrected chi connectivity index (χ1v) is 13.2. The number of piperazine rings is 1. The minimum atomic E-state index is 0.303. The molecule has 2 aliphatic rings. The molecule has 0 saturated carbocycles. The number of pyridine rings is 1. The lowest BCUT2D eigenvalue weighted by atomic mass is 10.0. The van der Waals surface area contributed by atoms with Crippen LogP contribution in [0.15, 0.2) is 72.8 Å². The summed E-state index contributed by atoms with van der Waals surface area (Å²) in [6, 6.07) is 28.8. The van der Waals surface area contributed by atoms with Gasteiger partial charge in [-0.15, -0.1) is 0 Å². The Hall–Kier alpha value is -4.14. The fourth-order valence-electron chi connectivity index (χ4n) is 6.63. The summed E-state index contributed by atoms with van der Waals surface area (Å²) in [5, 5.41) is 10.1. The fourth-order valence-corrected chi connectivity index (χ4v) is 6.63. The summed E-state index contributed by atoms with van der Waals surface area (Å²) in [6.45, 7) is 8.10. The Bertz CT molecular complexity index is 1670. The fraction of sp³-hybridized carbons (Fsp3) is 0.250. The number of fused-ring (bicyclic) bond motifs is 6. The molecule has 3 heterocycles. The number of para-hydroxylation sites is 2. The second kappa shape index (κ2) is 8.47. The third-order valence-electron chi connectivity index (χ3n) is 8.34. The van der Waals surface area contributed by atoms with Crippen LogP contribution >= 0.6 is 0 Å². The van der Waals surface area contributed by atoms with Gasteiger partial charge in [0.25, 0.3) is 0 Å². The summed E-state index contributed by atoms with van der Waals surface area (Å²) in [6.07, 6.45) is 0.877. The Kier molecular flexibility index (Phi) is 5.05. The molecule has 7 rings (SSSR count). The maximum Gasteiger partial charge on any atom is 0.157 e. The molecule has 0 unspecified atom stereocenters. The van der Waals surface area contributed by atoms with E-state index in [1.54, 1.807) is 0 Å². The molecule has 3 aromatic carbocycles. The lowest BCUT2D eigenvalue weighted by Crippen LogP contribution is -2.48. The molecule has 0 bridgehead atoms. The normalized spacial score (nSPS) is 15.8. The number of hydrogen-bond donors (Lipinski definition) is 0. The third-order valence-corrected chi connectivity index (χ3v) is 8.34. The van der Waals surface area contributed by atoms with Crippen LogP contribution in [0.4, 0.5) is 5.82 Å². The molecule has 1 aliphatic carbocycles. The molecule has 1 fully saturated rings. The zero-order valence-electron chi connectivity index (χ0n) is 21.3. The second-order valence-corrected chi connectivity index (χ2v) is 10.1. The van der Waals surface area contributed by atoms with E-state index in [4.69, 9.17) is 4.98 Å². The average molecular weight is 484 g/mol. The molecule has 2 aromatic heterocycles. The first kappa shape index (κ1) is 22.1. The van der Waals surface area contributed by atoms with Crippen molar-refractivity contribution in [3.05, 3.63) is 101 Å². The molecule has 182 valence electrons. The van der Waals surface area contributed by atoms with Crippen LogP contribution in [0.25, 0.3) is 27.8 Å². The first-order valence-electron chi connectivity index (χ1n) is 13.2. The number of rotatable bonds is 3. The summed E-state index contributed by atoms with van der Waals surface area (Å²) >= 11 is 0. The van der Waals surface area contributed by atoms with Gasteiger partial charge in [0.15, 0.2) is 5.65 Å². The van der Waals surface area contributed by atoms with Crippen molar-refractivity contribution in [3.8, 4) is 17.2 Å².